The van der Waals surface area contributed by atoms with Crippen molar-refractivity contribution in [3.8, 4) is 0 Å². The van der Waals surface area contributed by atoms with E-state index in [0.717, 1.165) is 79.5 Å². The summed E-state index contributed by atoms with van der Waals surface area (Å²) in [6.07, 6.45) is 11.2. The second-order valence-corrected chi connectivity index (χ2v) is 9.50. The van der Waals surface area contributed by atoms with Crippen LogP contribution in [0, 0.1) is 0 Å². The predicted molar refractivity (Wildman–Crippen MR) is 127 cm³/mol. The molecule has 4 heterocycles. The van der Waals surface area contributed by atoms with E-state index in [0.29, 0.717) is 17.7 Å². The van der Waals surface area contributed by atoms with Gasteiger partial charge in [-0.05, 0) is 72.9 Å². The van der Waals surface area contributed by atoms with Crippen LogP contribution >= 0.6 is 0 Å². The first kappa shape index (κ1) is 20.3. The van der Waals surface area contributed by atoms with E-state index in [2.05, 4.69) is 37.3 Å². The minimum Gasteiger partial charge on any atom is -0.348 e. The number of carbonyl (C=O) groups excluding carboxylic acids is 1. The Morgan fingerprint density at radius 1 is 1.12 bits per heavy atom. The Kier molecular flexibility index (Phi) is 5.06. The molecule has 7 nitrogen and oxygen atoms in total. The van der Waals surface area contributed by atoms with Crippen LogP contribution in [0.4, 0.5) is 0 Å². The van der Waals surface area contributed by atoms with E-state index in [-0.39, 0.29) is 11.5 Å². The summed E-state index contributed by atoms with van der Waals surface area (Å²) in [5.41, 5.74) is 6.50. The lowest BCUT2D eigenvalue weighted by Gasteiger charge is -2.26. The van der Waals surface area contributed by atoms with Gasteiger partial charge in [0.25, 0.3) is 11.5 Å². The number of carbonyl (C=O) groups is 1. The van der Waals surface area contributed by atoms with Crippen LogP contribution in [0.25, 0.3) is 16.6 Å². The average molecular weight is 442 g/mol. The first-order chi connectivity index (χ1) is 16.1. The third kappa shape index (κ3) is 4.46. The van der Waals surface area contributed by atoms with Gasteiger partial charge < -0.3 is 10.3 Å². The predicted octanol–water partition coefficient (Wildman–Crippen LogP) is 3.38. The van der Waals surface area contributed by atoms with Gasteiger partial charge in [-0.1, -0.05) is 12.1 Å². The zero-order chi connectivity index (χ0) is 22.4. The van der Waals surface area contributed by atoms with Crippen molar-refractivity contribution in [2.24, 2.45) is 0 Å². The fourth-order valence-corrected chi connectivity index (χ4v) is 4.51. The van der Waals surface area contributed by atoms with Crippen LogP contribution in [0.15, 0.2) is 47.5 Å². The molecule has 3 aromatic rings. The van der Waals surface area contributed by atoms with Crippen LogP contribution in [-0.4, -0.2) is 44.9 Å². The number of nitrogens with one attached hydrogen (secondary N) is 2. The number of amides is 1. The third-order valence-corrected chi connectivity index (χ3v) is 6.77. The van der Waals surface area contributed by atoms with Gasteiger partial charge >= 0.3 is 0 Å². The molecule has 0 spiro atoms. The van der Waals surface area contributed by atoms with Crippen molar-refractivity contribution in [3.05, 3.63) is 75.5 Å². The highest BCUT2D eigenvalue weighted by Gasteiger charge is 2.27. The van der Waals surface area contributed by atoms with E-state index < -0.39 is 0 Å². The van der Waals surface area contributed by atoms with E-state index in [1.165, 1.54) is 5.57 Å². The molecular weight excluding hydrogens is 414 g/mol. The lowest BCUT2D eigenvalue weighted by atomic mass is 10.0. The molecule has 2 aliphatic carbocycles. The molecule has 33 heavy (non-hydrogen) atoms. The third-order valence-electron chi connectivity index (χ3n) is 6.77. The molecule has 0 bridgehead atoms. The summed E-state index contributed by atoms with van der Waals surface area (Å²) in [6, 6.07) is 8.16. The molecule has 1 amide bonds. The van der Waals surface area contributed by atoms with Crippen LogP contribution in [0.1, 0.15) is 65.2 Å². The van der Waals surface area contributed by atoms with Crippen LogP contribution in [0.3, 0.4) is 0 Å². The highest BCUT2D eigenvalue weighted by Crippen LogP contribution is 2.38. The normalized spacial score (nSPS) is 18.8. The number of aromatic amines is 1. The van der Waals surface area contributed by atoms with E-state index in [1.807, 2.05) is 30.6 Å². The average Bonchev–Trinajstić information content (AvgIpc) is 3.75. The van der Waals surface area contributed by atoms with E-state index >= 15 is 0 Å². The fourth-order valence-electron chi connectivity index (χ4n) is 4.51. The van der Waals surface area contributed by atoms with Crippen LogP contribution in [0.2, 0.25) is 0 Å². The number of rotatable bonds is 6. The van der Waals surface area contributed by atoms with Crippen molar-refractivity contribution in [1.29, 1.82) is 0 Å². The molecule has 7 heteroatoms. The van der Waals surface area contributed by atoms with E-state index in [9.17, 15) is 9.59 Å². The molecule has 6 rings (SSSR count). The Labute approximate surface area is 191 Å². The second-order valence-electron chi connectivity index (χ2n) is 9.50. The van der Waals surface area contributed by atoms with Crippen molar-refractivity contribution in [2.45, 2.75) is 50.6 Å². The smallest absolute Gasteiger partial charge is 0.270 e. The van der Waals surface area contributed by atoms with Crippen molar-refractivity contribution in [2.75, 3.05) is 13.1 Å². The molecule has 2 fully saturated rings. The largest absolute Gasteiger partial charge is 0.348 e. The number of hydrogen-bond donors (Lipinski definition) is 2. The summed E-state index contributed by atoms with van der Waals surface area (Å²) >= 11 is 0. The van der Waals surface area contributed by atoms with Gasteiger partial charge in [-0.15, -0.1) is 0 Å². The molecule has 2 saturated carbocycles. The molecule has 168 valence electrons. The van der Waals surface area contributed by atoms with Crippen molar-refractivity contribution >= 4 is 22.5 Å². The summed E-state index contributed by atoms with van der Waals surface area (Å²) in [5.74, 6) is 0.335. The topological polar surface area (TPSA) is 91.0 Å². The minimum atomic E-state index is -0.0815. The highest BCUT2D eigenvalue weighted by atomic mass is 16.2. The van der Waals surface area contributed by atoms with Crippen molar-refractivity contribution < 1.29 is 4.79 Å². The Hall–Kier alpha value is -3.32. The highest BCUT2D eigenvalue weighted by molar-refractivity contribution is 5.92. The van der Waals surface area contributed by atoms with Crippen LogP contribution < -0.4 is 10.9 Å². The molecule has 3 aliphatic rings. The van der Waals surface area contributed by atoms with E-state index in [4.69, 9.17) is 0 Å². The zero-order valence-corrected chi connectivity index (χ0v) is 18.5. The lowest BCUT2D eigenvalue weighted by Crippen LogP contribution is -2.28. The number of H-pyrrole nitrogens is 1. The first-order valence-electron chi connectivity index (χ1n) is 11.8. The summed E-state index contributed by atoms with van der Waals surface area (Å²) in [5, 5.41) is 2.98. The standard InChI is InChI=1S/C26H27N5O2/c32-25-21(18-1-2-18)12-23-24(30-25)11-16(13-27-23)15-31-9-7-17(8-10-31)19-3-6-22(28-14-19)26(33)29-20-4-5-20/h3,6-7,11-14,18,20H,1-2,4-5,8-10,15H2,(H,29,33)(H,30,32). The maximum Gasteiger partial charge on any atom is 0.270 e. The number of fused-ring (bicyclic) bond motifs is 1. The Bertz CT molecular complexity index is 1300. The minimum absolute atomic E-state index is 0.0270. The summed E-state index contributed by atoms with van der Waals surface area (Å²) in [4.78, 5) is 38.9. The maximum atomic E-state index is 12.4. The molecule has 2 N–H and O–H groups in total. The van der Waals surface area contributed by atoms with Gasteiger partial charge in [0.05, 0.1) is 11.0 Å². The SMILES string of the molecule is O=C(NC1CC1)c1ccc(C2=CCN(Cc3cnc4cc(C5CC5)c(=O)[nH]c4c3)CC2)cn1. The first-order valence-corrected chi connectivity index (χ1v) is 11.8. The Morgan fingerprint density at radius 3 is 2.70 bits per heavy atom. The van der Waals surface area contributed by atoms with Gasteiger partial charge in [0, 0.05) is 43.6 Å². The van der Waals surface area contributed by atoms with Gasteiger partial charge in [-0.2, -0.15) is 0 Å². The van der Waals surface area contributed by atoms with Gasteiger partial charge in [0.1, 0.15) is 5.69 Å². The number of nitrogens with zero attached hydrogens (tertiary/aromatic N) is 3. The van der Waals surface area contributed by atoms with Gasteiger partial charge in [0.2, 0.25) is 0 Å². The summed E-state index contributed by atoms with van der Waals surface area (Å²) < 4.78 is 0. The van der Waals surface area contributed by atoms with Crippen molar-refractivity contribution in [1.82, 2.24) is 25.2 Å². The molecule has 0 saturated heterocycles. The molecule has 0 radical (unpaired) electrons. The van der Waals surface area contributed by atoms with E-state index in [1.54, 1.807) is 0 Å². The Balaban J connectivity index is 1.11. The Morgan fingerprint density at radius 2 is 2.00 bits per heavy atom. The second kappa shape index (κ2) is 8.23. The van der Waals surface area contributed by atoms with Gasteiger partial charge in [-0.25, -0.2) is 0 Å². The fraction of sp³-hybridized carbons (Fsp3) is 0.385. The monoisotopic (exact) mass is 441 g/mol. The van der Waals surface area contributed by atoms with Crippen LogP contribution in [-0.2, 0) is 6.54 Å². The lowest BCUT2D eigenvalue weighted by molar-refractivity contribution is 0.0946. The molecular formula is C26H27N5O2. The molecule has 0 aromatic carbocycles. The van der Waals surface area contributed by atoms with Gasteiger partial charge in [-0.3, -0.25) is 24.5 Å². The van der Waals surface area contributed by atoms with Crippen molar-refractivity contribution in [3.63, 3.8) is 0 Å². The maximum absolute atomic E-state index is 12.4. The number of aromatic nitrogens is 3. The molecule has 1 aliphatic heterocycles. The number of hydrogen-bond acceptors (Lipinski definition) is 5. The quantitative estimate of drug-likeness (QED) is 0.612. The zero-order valence-electron chi connectivity index (χ0n) is 18.5. The summed E-state index contributed by atoms with van der Waals surface area (Å²) in [6.45, 7) is 2.57. The van der Waals surface area contributed by atoms with Crippen LogP contribution in [0.5, 0.6) is 0 Å². The van der Waals surface area contributed by atoms with Gasteiger partial charge in [0.15, 0.2) is 0 Å². The summed E-state index contributed by atoms with van der Waals surface area (Å²) in [7, 11) is 0. The molecule has 0 unspecified atom stereocenters. The number of pyridine rings is 3. The molecule has 3 aromatic heterocycles. The molecule has 0 atom stereocenters.